The predicted molar refractivity (Wildman–Crippen MR) is 149 cm³/mol. The summed E-state index contributed by atoms with van der Waals surface area (Å²) >= 11 is 0. The van der Waals surface area contributed by atoms with E-state index < -0.39 is 52.7 Å². The normalized spacial score (nSPS) is 19.9. The van der Waals surface area contributed by atoms with E-state index in [0.29, 0.717) is 19.3 Å². The summed E-state index contributed by atoms with van der Waals surface area (Å²) in [7, 11) is 0.788. The summed E-state index contributed by atoms with van der Waals surface area (Å²) in [6, 6.07) is 14.6. The highest BCUT2D eigenvalue weighted by Gasteiger charge is 2.67. The molecule has 2 saturated heterocycles. The summed E-state index contributed by atoms with van der Waals surface area (Å²) in [5.41, 5.74) is -5.68. The Balaban J connectivity index is 1.66. The number of hydrogen-bond donors (Lipinski definition) is 0. The first kappa shape index (κ1) is 32.1. The lowest BCUT2D eigenvalue weighted by molar-refractivity contribution is -0.288. The molecular weight excluding hydrogens is 569 g/mol. The van der Waals surface area contributed by atoms with E-state index in [4.69, 9.17) is 18.9 Å². The van der Waals surface area contributed by atoms with E-state index in [1.165, 1.54) is 28.0 Å². The molecule has 2 aliphatic heterocycles. The van der Waals surface area contributed by atoms with Crippen LogP contribution < -0.4 is 0 Å². The molecular formula is C31H37F3N2O7. The minimum atomic E-state index is -5.20. The second kappa shape index (κ2) is 12.4. The fourth-order valence-electron chi connectivity index (χ4n) is 5.54. The number of esters is 1. The van der Waals surface area contributed by atoms with Gasteiger partial charge in [-0.25, -0.2) is 14.4 Å². The van der Waals surface area contributed by atoms with Crippen molar-refractivity contribution in [1.29, 1.82) is 0 Å². The Kier molecular flexibility index (Phi) is 9.29. The van der Waals surface area contributed by atoms with Crippen LogP contribution >= 0.6 is 0 Å². The molecule has 0 bridgehead atoms. The molecule has 0 aliphatic carbocycles. The topological polar surface area (TPSA) is 94.6 Å². The van der Waals surface area contributed by atoms with Crippen LogP contribution in [-0.2, 0) is 35.9 Å². The predicted octanol–water partition coefficient (Wildman–Crippen LogP) is 5.81. The van der Waals surface area contributed by atoms with Gasteiger partial charge in [-0.3, -0.25) is 4.90 Å². The maximum Gasteiger partial charge on any atom is 0.432 e. The van der Waals surface area contributed by atoms with Crippen LogP contribution in [0.25, 0.3) is 0 Å². The number of carbonyl (C=O) groups is 3. The van der Waals surface area contributed by atoms with Crippen molar-refractivity contribution in [2.75, 3.05) is 26.7 Å². The average molecular weight is 607 g/mol. The summed E-state index contributed by atoms with van der Waals surface area (Å²) < 4.78 is 65.9. The SMILES string of the molecule is CO[C@@](C(=O)OC1(C2CCCCN2C(=O)OC(C)(C)C)CN(C(=O)OCc2ccccc2)C1)(c1ccccc1)C(F)(F)F. The minimum absolute atomic E-state index is 0.0225. The molecule has 1 unspecified atom stereocenters. The third-order valence-corrected chi connectivity index (χ3v) is 7.59. The molecule has 234 valence electrons. The van der Waals surface area contributed by atoms with Crippen molar-refractivity contribution in [1.82, 2.24) is 9.80 Å². The molecule has 2 aliphatic rings. The maximum absolute atomic E-state index is 14.7. The number of halogens is 3. The number of methoxy groups -OCH3 is 1. The molecule has 2 fully saturated rings. The smallest absolute Gasteiger partial charge is 0.432 e. The van der Waals surface area contributed by atoms with Gasteiger partial charge in [0.25, 0.3) is 5.60 Å². The first-order chi connectivity index (χ1) is 20.2. The lowest BCUT2D eigenvalue weighted by atomic mass is 9.80. The van der Waals surface area contributed by atoms with Crippen molar-refractivity contribution >= 4 is 18.2 Å². The van der Waals surface area contributed by atoms with Crippen LogP contribution in [0.4, 0.5) is 22.8 Å². The fraction of sp³-hybridized carbons (Fsp3) is 0.516. The van der Waals surface area contributed by atoms with Gasteiger partial charge in [0.2, 0.25) is 0 Å². The third-order valence-electron chi connectivity index (χ3n) is 7.59. The Hall–Kier alpha value is -3.80. The Labute approximate surface area is 248 Å². The van der Waals surface area contributed by atoms with Crippen molar-refractivity contribution < 1.29 is 46.5 Å². The van der Waals surface area contributed by atoms with Crippen molar-refractivity contribution in [3.8, 4) is 0 Å². The molecule has 0 N–H and O–H groups in total. The van der Waals surface area contributed by atoms with E-state index in [1.54, 1.807) is 45.0 Å². The first-order valence-corrected chi connectivity index (χ1v) is 14.1. The molecule has 2 aromatic carbocycles. The van der Waals surface area contributed by atoms with Crippen LogP contribution in [0.3, 0.4) is 0 Å². The van der Waals surface area contributed by atoms with Crippen molar-refractivity contribution in [3.05, 3.63) is 71.8 Å². The zero-order chi connectivity index (χ0) is 31.5. The number of nitrogens with zero attached hydrogens (tertiary/aromatic N) is 2. The number of hydrogen-bond acceptors (Lipinski definition) is 7. The standard InChI is InChI=1S/C31H37F3N2O7/c1-28(2,3)43-27(39)36-18-12-11-17-24(36)29(20-35(21-29)26(38)41-19-22-13-7-5-8-14-22)42-25(37)30(40-4,31(32,33)34)23-15-9-6-10-16-23/h5-10,13-16,24H,11-12,17-21H2,1-4H3/t24?,30-/m1/s1. The van der Waals surface area contributed by atoms with Gasteiger partial charge < -0.3 is 23.8 Å². The molecule has 43 heavy (non-hydrogen) atoms. The quantitative estimate of drug-likeness (QED) is 0.290. The van der Waals surface area contributed by atoms with Crippen molar-refractivity contribution in [2.24, 2.45) is 0 Å². The highest BCUT2D eigenvalue weighted by Crippen LogP contribution is 2.46. The van der Waals surface area contributed by atoms with Crippen LogP contribution in [0, 0.1) is 0 Å². The summed E-state index contributed by atoms with van der Waals surface area (Å²) in [6.45, 7) is 4.73. The monoisotopic (exact) mass is 606 g/mol. The molecule has 4 rings (SSSR count). The zero-order valence-electron chi connectivity index (χ0n) is 24.7. The molecule has 0 aromatic heterocycles. The van der Waals surface area contributed by atoms with E-state index in [-0.39, 0.29) is 26.2 Å². The van der Waals surface area contributed by atoms with Gasteiger partial charge in [0.1, 0.15) is 12.2 Å². The number of benzene rings is 2. The second-order valence-electron chi connectivity index (χ2n) is 11.8. The lowest BCUT2D eigenvalue weighted by Crippen LogP contribution is -2.75. The highest BCUT2D eigenvalue weighted by molar-refractivity contribution is 5.83. The van der Waals surface area contributed by atoms with Gasteiger partial charge in [0.15, 0.2) is 5.60 Å². The van der Waals surface area contributed by atoms with Gasteiger partial charge in [0.05, 0.1) is 19.1 Å². The Morgan fingerprint density at radius 1 is 0.907 bits per heavy atom. The van der Waals surface area contributed by atoms with Crippen LogP contribution in [0.15, 0.2) is 60.7 Å². The molecule has 9 nitrogen and oxygen atoms in total. The highest BCUT2D eigenvalue weighted by atomic mass is 19.4. The fourth-order valence-corrected chi connectivity index (χ4v) is 5.54. The summed E-state index contributed by atoms with van der Waals surface area (Å²) in [6.07, 6.45) is -5.05. The second-order valence-corrected chi connectivity index (χ2v) is 11.8. The number of ether oxygens (including phenoxy) is 4. The number of likely N-dealkylation sites (tertiary alicyclic amines) is 2. The number of amides is 2. The third kappa shape index (κ3) is 6.74. The van der Waals surface area contributed by atoms with Crippen molar-refractivity contribution in [3.63, 3.8) is 0 Å². The van der Waals surface area contributed by atoms with E-state index in [0.717, 1.165) is 24.8 Å². The van der Waals surface area contributed by atoms with Gasteiger partial charge >= 0.3 is 24.3 Å². The summed E-state index contributed by atoms with van der Waals surface area (Å²) in [5.74, 6) is -1.69. The van der Waals surface area contributed by atoms with Crippen LogP contribution in [0.2, 0.25) is 0 Å². The van der Waals surface area contributed by atoms with E-state index in [9.17, 15) is 27.6 Å². The van der Waals surface area contributed by atoms with E-state index in [1.807, 2.05) is 6.07 Å². The number of alkyl halides is 3. The van der Waals surface area contributed by atoms with Gasteiger partial charge in [0, 0.05) is 19.2 Å². The van der Waals surface area contributed by atoms with Crippen LogP contribution in [-0.4, -0.2) is 78.1 Å². The van der Waals surface area contributed by atoms with Gasteiger partial charge in [-0.2, -0.15) is 13.2 Å². The number of rotatable bonds is 7. The molecule has 12 heteroatoms. The molecule has 2 heterocycles. The summed E-state index contributed by atoms with van der Waals surface area (Å²) in [4.78, 5) is 42.6. The van der Waals surface area contributed by atoms with Crippen LogP contribution in [0.1, 0.15) is 51.2 Å². The Morgan fingerprint density at radius 2 is 1.51 bits per heavy atom. The molecule has 0 saturated carbocycles. The van der Waals surface area contributed by atoms with E-state index >= 15 is 0 Å². The Bertz CT molecular complexity index is 1280. The Morgan fingerprint density at radius 3 is 2.07 bits per heavy atom. The minimum Gasteiger partial charge on any atom is -0.450 e. The number of piperidine rings is 1. The average Bonchev–Trinajstić information content (AvgIpc) is 2.93. The van der Waals surface area contributed by atoms with Crippen LogP contribution in [0.5, 0.6) is 0 Å². The largest absolute Gasteiger partial charge is 0.450 e. The molecule has 2 atom stereocenters. The van der Waals surface area contributed by atoms with E-state index in [2.05, 4.69) is 0 Å². The molecule has 0 radical (unpaired) electrons. The van der Waals surface area contributed by atoms with Gasteiger partial charge in [-0.15, -0.1) is 0 Å². The van der Waals surface area contributed by atoms with Gasteiger partial charge in [-0.1, -0.05) is 60.7 Å². The molecule has 0 spiro atoms. The molecule has 2 amide bonds. The van der Waals surface area contributed by atoms with Gasteiger partial charge in [-0.05, 0) is 45.6 Å². The number of carbonyl (C=O) groups excluding carboxylic acids is 3. The maximum atomic E-state index is 14.7. The summed E-state index contributed by atoms with van der Waals surface area (Å²) in [5, 5.41) is 0. The zero-order valence-corrected chi connectivity index (χ0v) is 24.7. The molecule has 2 aromatic rings. The first-order valence-electron chi connectivity index (χ1n) is 14.1. The lowest BCUT2D eigenvalue weighted by Gasteiger charge is -2.56. The van der Waals surface area contributed by atoms with Crippen molar-refractivity contribution in [2.45, 2.75) is 75.7 Å².